The first-order valence-electron chi connectivity index (χ1n) is 7.12. The third-order valence-corrected chi connectivity index (χ3v) is 3.69. The summed E-state index contributed by atoms with van der Waals surface area (Å²) in [7, 11) is 1.49. The molecule has 0 aliphatic carbocycles. The fourth-order valence-electron chi connectivity index (χ4n) is 2.41. The normalized spacial score (nSPS) is 15.8. The summed E-state index contributed by atoms with van der Waals surface area (Å²) < 4.78 is 48.4. The van der Waals surface area contributed by atoms with Crippen LogP contribution >= 0.6 is 0 Å². The Hall–Kier alpha value is -2.76. The number of carbonyl (C=O) groups excluding carboxylic acids is 1. The molecule has 0 atom stereocenters. The van der Waals surface area contributed by atoms with E-state index < -0.39 is 11.7 Å². The fraction of sp³-hybridized carbons (Fsp3) is 0.167. The molecule has 0 unspecified atom stereocenters. The number of hydrogen-bond donors (Lipinski definition) is 0. The first kappa shape index (κ1) is 16.1. The Balaban J connectivity index is 1.90. The molecule has 0 aromatic heterocycles. The van der Waals surface area contributed by atoms with Crippen molar-refractivity contribution in [2.45, 2.75) is 6.18 Å². The molecule has 3 nitrogen and oxygen atoms in total. The number of methoxy groups -OCH3 is 1. The minimum Gasteiger partial charge on any atom is -0.497 e. The minimum atomic E-state index is -4.38. The average Bonchev–Trinajstić information content (AvgIpc) is 2.57. The van der Waals surface area contributed by atoms with E-state index >= 15 is 0 Å². The Morgan fingerprint density at radius 3 is 2.46 bits per heavy atom. The molecule has 2 aromatic carbocycles. The van der Waals surface area contributed by atoms with Crippen LogP contribution in [0.15, 0.2) is 48.0 Å². The average molecular weight is 334 g/mol. The lowest BCUT2D eigenvalue weighted by Gasteiger charge is -2.19. The van der Waals surface area contributed by atoms with Gasteiger partial charge in [0, 0.05) is 5.57 Å². The maximum Gasteiger partial charge on any atom is 0.416 e. The molecule has 1 heterocycles. The number of hydrogen-bond acceptors (Lipinski definition) is 3. The van der Waals surface area contributed by atoms with Crippen LogP contribution in [0, 0.1) is 0 Å². The Labute approximate surface area is 136 Å². The second kappa shape index (κ2) is 6.03. The molecule has 1 aliphatic heterocycles. The molecule has 0 spiro atoms. The number of rotatable bonds is 2. The number of benzene rings is 2. The van der Waals surface area contributed by atoms with Crippen molar-refractivity contribution in [2.75, 3.05) is 13.7 Å². The van der Waals surface area contributed by atoms with Crippen LogP contribution in [0.5, 0.6) is 11.5 Å². The molecule has 0 saturated heterocycles. The van der Waals surface area contributed by atoms with Gasteiger partial charge in [0.2, 0.25) is 0 Å². The Morgan fingerprint density at radius 1 is 1.12 bits per heavy atom. The predicted molar refractivity (Wildman–Crippen MR) is 82.2 cm³/mol. The zero-order valence-corrected chi connectivity index (χ0v) is 12.7. The van der Waals surface area contributed by atoms with E-state index in [9.17, 15) is 18.0 Å². The molecule has 1 aliphatic rings. The second-order valence-electron chi connectivity index (χ2n) is 5.27. The largest absolute Gasteiger partial charge is 0.497 e. The molecule has 24 heavy (non-hydrogen) atoms. The van der Waals surface area contributed by atoms with Crippen molar-refractivity contribution in [1.82, 2.24) is 0 Å². The van der Waals surface area contributed by atoms with E-state index in [0.29, 0.717) is 28.2 Å². The second-order valence-corrected chi connectivity index (χ2v) is 5.27. The van der Waals surface area contributed by atoms with Crippen molar-refractivity contribution in [3.8, 4) is 11.5 Å². The summed E-state index contributed by atoms with van der Waals surface area (Å²) in [6, 6.07) is 9.54. The number of halogens is 3. The summed E-state index contributed by atoms with van der Waals surface area (Å²) in [5.41, 5.74) is 0.515. The first-order chi connectivity index (χ1) is 11.4. The van der Waals surface area contributed by atoms with Gasteiger partial charge >= 0.3 is 6.18 Å². The SMILES string of the molecule is COc1ccc2c(c1)C(=O)/C(=C/c1ccc(C(F)(F)F)cc1)CO2. The molecular formula is C18H13F3O3. The summed E-state index contributed by atoms with van der Waals surface area (Å²) in [6.45, 7) is 0.0686. The molecule has 3 rings (SSSR count). The van der Waals surface area contributed by atoms with E-state index in [0.717, 1.165) is 12.1 Å². The molecule has 0 bridgehead atoms. The van der Waals surface area contributed by atoms with Crippen LogP contribution in [0.1, 0.15) is 21.5 Å². The van der Waals surface area contributed by atoms with Crippen LogP contribution in [-0.2, 0) is 6.18 Å². The smallest absolute Gasteiger partial charge is 0.416 e. The van der Waals surface area contributed by atoms with Crippen LogP contribution in [0.25, 0.3) is 6.08 Å². The predicted octanol–water partition coefficient (Wildman–Crippen LogP) is 4.37. The van der Waals surface area contributed by atoms with Gasteiger partial charge in [-0.25, -0.2) is 0 Å². The highest BCUT2D eigenvalue weighted by Gasteiger charge is 2.30. The molecule has 0 radical (unpaired) electrons. The van der Waals surface area contributed by atoms with Crippen molar-refractivity contribution in [1.29, 1.82) is 0 Å². The van der Waals surface area contributed by atoms with E-state index in [4.69, 9.17) is 9.47 Å². The van der Waals surface area contributed by atoms with E-state index in [1.165, 1.54) is 25.3 Å². The van der Waals surface area contributed by atoms with Crippen molar-refractivity contribution in [3.63, 3.8) is 0 Å². The molecule has 0 N–H and O–H groups in total. The van der Waals surface area contributed by atoms with Crippen molar-refractivity contribution < 1.29 is 27.4 Å². The third kappa shape index (κ3) is 3.13. The summed E-state index contributed by atoms with van der Waals surface area (Å²) in [5.74, 6) is 0.766. The highest BCUT2D eigenvalue weighted by molar-refractivity contribution is 6.14. The number of ether oxygens (including phenoxy) is 2. The lowest BCUT2D eigenvalue weighted by atomic mass is 9.98. The quantitative estimate of drug-likeness (QED) is 0.765. The zero-order chi connectivity index (χ0) is 17.3. The lowest BCUT2D eigenvalue weighted by molar-refractivity contribution is -0.137. The standard InChI is InChI=1S/C18H13F3O3/c1-23-14-6-7-16-15(9-14)17(22)12(10-24-16)8-11-2-4-13(5-3-11)18(19,20)21/h2-9H,10H2,1H3/b12-8+. The van der Waals surface area contributed by atoms with Crippen LogP contribution in [0.3, 0.4) is 0 Å². The monoisotopic (exact) mass is 334 g/mol. The Bertz CT molecular complexity index is 805. The molecular weight excluding hydrogens is 321 g/mol. The summed E-state index contributed by atoms with van der Waals surface area (Å²) in [4.78, 5) is 12.5. The highest BCUT2D eigenvalue weighted by Crippen LogP contribution is 2.32. The van der Waals surface area contributed by atoms with Gasteiger partial charge in [0.25, 0.3) is 0 Å². The number of ketones is 1. The van der Waals surface area contributed by atoms with Crippen LogP contribution < -0.4 is 9.47 Å². The van der Waals surface area contributed by atoms with Gasteiger partial charge in [-0.1, -0.05) is 12.1 Å². The van der Waals surface area contributed by atoms with Crippen LogP contribution in [0.2, 0.25) is 0 Å². The van der Waals surface area contributed by atoms with Gasteiger partial charge < -0.3 is 9.47 Å². The Morgan fingerprint density at radius 2 is 1.83 bits per heavy atom. The number of carbonyl (C=O) groups is 1. The van der Waals surface area contributed by atoms with E-state index in [2.05, 4.69) is 0 Å². The minimum absolute atomic E-state index is 0.0686. The number of fused-ring (bicyclic) bond motifs is 1. The molecule has 6 heteroatoms. The van der Waals surface area contributed by atoms with Crippen LogP contribution in [0.4, 0.5) is 13.2 Å². The maximum atomic E-state index is 12.6. The van der Waals surface area contributed by atoms with Gasteiger partial charge in [-0.3, -0.25) is 4.79 Å². The number of Topliss-reactive ketones (excluding diaryl/α,β-unsaturated/α-hetero) is 1. The molecule has 0 amide bonds. The van der Waals surface area contributed by atoms with Gasteiger partial charge in [-0.2, -0.15) is 13.2 Å². The molecule has 2 aromatic rings. The van der Waals surface area contributed by atoms with Gasteiger partial charge in [-0.15, -0.1) is 0 Å². The maximum absolute atomic E-state index is 12.6. The van der Waals surface area contributed by atoms with Crippen LogP contribution in [-0.4, -0.2) is 19.5 Å². The van der Waals surface area contributed by atoms with E-state index in [-0.39, 0.29) is 12.4 Å². The lowest BCUT2D eigenvalue weighted by Crippen LogP contribution is -2.19. The fourth-order valence-corrected chi connectivity index (χ4v) is 2.41. The first-order valence-corrected chi connectivity index (χ1v) is 7.12. The zero-order valence-electron chi connectivity index (χ0n) is 12.7. The molecule has 0 saturated carbocycles. The summed E-state index contributed by atoms with van der Waals surface area (Å²) >= 11 is 0. The topological polar surface area (TPSA) is 35.5 Å². The van der Waals surface area contributed by atoms with Gasteiger partial charge in [0.1, 0.15) is 18.1 Å². The van der Waals surface area contributed by atoms with Gasteiger partial charge in [0.15, 0.2) is 5.78 Å². The third-order valence-electron chi connectivity index (χ3n) is 3.69. The van der Waals surface area contributed by atoms with Crippen molar-refractivity contribution in [3.05, 3.63) is 64.7 Å². The van der Waals surface area contributed by atoms with E-state index in [1.54, 1.807) is 18.2 Å². The number of alkyl halides is 3. The van der Waals surface area contributed by atoms with Gasteiger partial charge in [0.05, 0.1) is 18.2 Å². The van der Waals surface area contributed by atoms with Crippen molar-refractivity contribution in [2.24, 2.45) is 0 Å². The Kier molecular flexibility index (Phi) is 4.05. The highest BCUT2D eigenvalue weighted by atomic mass is 19.4. The van der Waals surface area contributed by atoms with Crippen molar-refractivity contribution >= 4 is 11.9 Å². The summed E-state index contributed by atoms with van der Waals surface area (Å²) in [5, 5.41) is 0. The summed E-state index contributed by atoms with van der Waals surface area (Å²) in [6.07, 6.45) is -2.85. The molecule has 124 valence electrons. The van der Waals surface area contributed by atoms with E-state index in [1.807, 2.05) is 0 Å². The van der Waals surface area contributed by atoms with Gasteiger partial charge in [-0.05, 0) is 42.0 Å². The molecule has 0 fully saturated rings.